The van der Waals surface area contributed by atoms with Crippen molar-refractivity contribution in [2.45, 2.75) is 11.7 Å². The summed E-state index contributed by atoms with van der Waals surface area (Å²) in [6.45, 7) is 0.582. The Labute approximate surface area is 163 Å². The molecule has 0 aliphatic carbocycles. The van der Waals surface area contributed by atoms with Crippen molar-refractivity contribution in [3.05, 3.63) is 66.5 Å². The highest BCUT2D eigenvalue weighted by molar-refractivity contribution is 7.99. The van der Waals surface area contributed by atoms with E-state index in [2.05, 4.69) is 39.4 Å². The van der Waals surface area contributed by atoms with Gasteiger partial charge in [-0.3, -0.25) is 9.36 Å². The first-order chi connectivity index (χ1) is 13.0. The molecule has 3 rings (SSSR count). The van der Waals surface area contributed by atoms with Gasteiger partial charge in [-0.05, 0) is 29.8 Å². The Morgan fingerprint density at radius 3 is 2.41 bits per heavy atom. The molecule has 0 N–H and O–H groups in total. The number of hydrogen-bond acceptors (Lipinski definition) is 5. The van der Waals surface area contributed by atoms with E-state index in [0.29, 0.717) is 17.5 Å². The zero-order valence-electron chi connectivity index (χ0n) is 15.7. The molecule has 0 aliphatic heterocycles. The maximum Gasteiger partial charge on any atom is 0.233 e. The second kappa shape index (κ2) is 8.73. The van der Waals surface area contributed by atoms with E-state index >= 15 is 0 Å². The number of aromatic nitrogens is 3. The van der Waals surface area contributed by atoms with Gasteiger partial charge in [0.1, 0.15) is 6.33 Å². The normalized spacial score (nSPS) is 10.6. The van der Waals surface area contributed by atoms with E-state index in [1.165, 1.54) is 11.8 Å². The van der Waals surface area contributed by atoms with Crippen LogP contribution in [-0.2, 0) is 11.3 Å². The van der Waals surface area contributed by atoms with E-state index in [-0.39, 0.29) is 5.91 Å². The highest BCUT2D eigenvalue weighted by atomic mass is 32.2. The van der Waals surface area contributed by atoms with Gasteiger partial charge in [0.2, 0.25) is 5.91 Å². The van der Waals surface area contributed by atoms with Gasteiger partial charge in [0.05, 0.1) is 5.75 Å². The maximum absolute atomic E-state index is 12.5. The number of para-hydroxylation sites is 1. The minimum absolute atomic E-state index is 0.0549. The van der Waals surface area contributed by atoms with Crippen molar-refractivity contribution in [2.75, 3.05) is 31.8 Å². The van der Waals surface area contributed by atoms with Crippen LogP contribution >= 0.6 is 11.8 Å². The van der Waals surface area contributed by atoms with Crippen molar-refractivity contribution in [3.8, 4) is 5.69 Å². The molecule has 0 saturated heterocycles. The Balaban J connectivity index is 1.57. The molecule has 1 amide bonds. The SMILES string of the molecule is CN(Cc1ccc(N(C)C)cc1)C(=O)CSc1nncn1-c1ccccc1. The largest absolute Gasteiger partial charge is 0.378 e. The number of rotatable bonds is 7. The fraction of sp³-hybridized carbons (Fsp3) is 0.250. The molecule has 7 heteroatoms. The number of anilines is 1. The van der Waals surface area contributed by atoms with Crippen molar-refractivity contribution in [2.24, 2.45) is 0 Å². The lowest BCUT2D eigenvalue weighted by Crippen LogP contribution is -2.27. The van der Waals surface area contributed by atoms with E-state index in [9.17, 15) is 4.79 Å². The summed E-state index contributed by atoms with van der Waals surface area (Å²) >= 11 is 1.39. The predicted molar refractivity (Wildman–Crippen MR) is 109 cm³/mol. The van der Waals surface area contributed by atoms with Gasteiger partial charge in [0, 0.05) is 39.1 Å². The molecule has 0 bridgehead atoms. The van der Waals surface area contributed by atoms with E-state index in [1.807, 2.05) is 56.0 Å². The second-order valence-electron chi connectivity index (χ2n) is 6.42. The molecule has 0 fully saturated rings. The first-order valence-electron chi connectivity index (χ1n) is 8.63. The number of benzene rings is 2. The Morgan fingerprint density at radius 2 is 1.74 bits per heavy atom. The lowest BCUT2D eigenvalue weighted by molar-refractivity contribution is -0.127. The molecule has 140 valence electrons. The van der Waals surface area contributed by atoms with Gasteiger partial charge in [0.15, 0.2) is 5.16 Å². The fourth-order valence-corrected chi connectivity index (χ4v) is 3.46. The zero-order valence-corrected chi connectivity index (χ0v) is 16.6. The molecule has 6 nitrogen and oxygen atoms in total. The van der Waals surface area contributed by atoms with Gasteiger partial charge in [0.25, 0.3) is 0 Å². The van der Waals surface area contributed by atoms with Crippen LogP contribution in [0.2, 0.25) is 0 Å². The van der Waals surface area contributed by atoms with Crippen LogP contribution in [0, 0.1) is 0 Å². The monoisotopic (exact) mass is 381 g/mol. The molecule has 1 heterocycles. The summed E-state index contributed by atoms with van der Waals surface area (Å²) in [6.07, 6.45) is 1.66. The van der Waals surface area contributed by atoms with Gasteiger partial charge >= 0.3 is 0 Å². The summed E-state index contributed by atoms with van der Waals surface area (Å²) in [6, 6.07) is 18.1. The molecule has 0 unspecified atom stereocenters. The Hall–Kier alpha value is -2.80. The number of thioether (sulfide) groups is 1. The van der Waals surface area contributed by atoms with E-state index in [1.54, 1.807) is 11.2 Å². The number of carbonyl (C=O) groups excluding carboxylic acids is 1. The highest BCUT2D eigenvalue weighted by Gasteiger charge is 2.13. The van der Waals surface area contributed by atoms with Crippen LogP contribution in [0.4, 0.5) is 5.69 Å². The van der Waals surface area contributed by atoms with Crippen molar-refractivity contribution >= 4 is 23.4 Å². The second-order valence-corrected chi connectivity index (χ2v) is 7.36. The number of hydrogen-bond donors (Lipinski definition) is 0. The summed E-state index contributed by atoms with van der Waals surface area (Å²) in [5.74, 6) is 0.372. The summed E-state index contributed by atoms with van der Waals surface area (Å²) in [5.41, 5.74) is 3.23. The van der Waals surface area contributed by atoms with Crippen LogP contribution in [-0.4, -0.2) is 52.5 Å². The van der Waals surface area contributed by atoms with Crippen molar-refractivity contribution in [1.29, 1.82) is 0 Å². The molecule has 0 saturated carbocycles. The minimum Gasteiger partial charge on any atom is -0.378 e. The van der Waals surface area contributed by atoms with Crippen LogP contribution in [0.5, 0.6) is 0 Å². The van der Waals surface area contributed by atoms with Crippen LogP contribution in [0.15, 0.2) is 66.1 Å². The Bertz CT molecular complexity index is 877. The predicted octanol–water partition coefficient (Wildman–Crippen LogP) is 3.08. The van der Waals surface area contributed by atoms with Crippen LogP contribution < -0.4 is 4.90 Å². The Morgan fingerprint density at radius 1 is 1.04 bits per heavy atom. The first kappa shape index (κ1) is 19.0. The van der Waals surface area contributed by atoms with Gasteiger partial charge in [-0.15, -0.1) is 10.2 Å². The third-order valence-electron chi connectivity index (χ3n) is 4.17. The maximum atomic E-state index is 12.5. The topological polar surface area (TPSA) is 54.3 Å². The Kier molecular flexibility index (Phi) is 6.13. The molecule has 1 aromatic heterocycles. The summed E-state index contributed by atoms with van der Waals surface area (Å²) in [4.78, 5) is 16.3. The van der Waals surface area contributed by atoms with Crippen molar-refractivity contribution in [3.63, 3.8) is 0 Å². The summed E-state index contributed by atoms with van der Waals surface area (Å²) < 4.78 is 1.89. The molecule has 27 heavy (non-hydrogen) atoms. The van der Waals surface area contributed by atoms with Gasteiger partial charge in [-0.2, -0.15) is 0 Å². The standard InChI is InChI=1S/C20H23N5OS/c1-23(2)17-11-9-16(10-12-17)13-24(3)19(26)14-27-20-22-21-15-25(20)18-7-5-4-6-8-18/h4-12,15H,13-14H2,1-3H3. The van der Waals surface area contributed by atoms with Gasteiger partial charge in [-0.1, -0.05) is 42.1 Å². The van der Waals surface area contributed by atoms with Crippen molar-refractivity contribution < 1.29 is 4.79 Å². The number of amides is 1. The van der Waals surface area contributed by atoms with Crippen LogP contribution in [0.1, 0.15) is 5.56 Å². The van der Waals surface area contributed by atoms with E-state index in [4.69, 9.17) is 0 Å². The number of carbonyl (C=O) groups is 1. The lowest BCUT2D eigenvalue weighted by atomic mass is 10.2. The molecular weight excluding hydrogens is 358 g/mol. The smallest absolute Gasteiger partial charge is 0.233 e. The van der Waals surface area contributed by atoms with Crippen LogP contribution in [0.3, 0.4) is 0 Å². The average Bonchev–Trinajstić information content (AvgIpc) is 3.15. The molecular formula is C20H23N5OS. The minimum atomic E-state index is 0.0549. The molecule has 0 atom stereocenters. The third kappa shape index (κ3) is 4.89. The van der Waals surface area contributed by atoms with Gasteiger partial charge in [-0.25, -0.2) is 0 Å². The van der Waals surface area contributed by atoms with Gasteiger partial charge < -0.3 is 9.80 Å². The zero-order chi connectivity index (χ0) is 19.2. The summed E-state index contributed by atoms with van der Waals surface area (Å²) in [7, 11) is 5.84. The van der Waals surface area contributed by atoms with E-state index < -0.39 is 0 Å². The quantitative estimate of drug-likeness (QED) is 0.589. The molecule has 0 radical (unpaired) electrons. The summed E-state index contributed by atoms with van der Waals surface area (Å²) in [5, 5.41) is 8.82. The molecule has 0 spiro atoms. The fourth-order valence-electron chi connectivity index (χ4n) is 2.59. The van der Waals surface area contributed by atoms with Crippen molar-refractivity contribution in [1.82, 2.24) is 19.7 Å². The molecule has 0 aliphatic rings. The first-order valence-corrected chi connectivity index (χ1v) is 9.61. The molecule has 2 aromatic carbocycles. The third-order valence-corrected chi connectivity index (χ3v) is 5.10. The average molecular weight is 382 g/mol. The highest BCUT2D eigenvalue weighted by Crippen LogP contribution is 2.20. The van der Waals surface area contributed by atoms with E-state index in [0.717, 1.165) is 16.9 Å². The van der Waals surface area contributed by atoms with Crippen LogP contribution in [0.25, 0.3) is 5.69 Å². The number of nitrogens with zero attached hydrogens (tertiary/aromatic N) is 5. The lowest BCUT2D eigenvalue weighted by Gasteiger charge is -2.18. The molecule has 3 aromatic rings.